The fraction of sp³-hybridized carbons (Fsp3) is 0.706. The molecule has 0 aromatic heterocycles. The van der Waals surface area contributed by atoms with Crippen LogP contribution in [0.2, 0.25) is 0 Å². The predicted octanol–water partition coefficient (Wildman–Crippen LogP) is 10.4. The van der Waals surface area contributed by atoms with Crippen LogP contribution < -0.4 is 5.73 Å². The molecule has 0 radical (unpaired) electrons. The van der Waals surface area contributed by atoms with Crippen LogP contribution in [0.4, 0.5) is 0 Å². The van der Waals surface area contributed by atoms with Crippen molar-refractivity contribution in [2.45, 2.75) is 132 Å². The van der Waals surface area contributed by atoms with Crippen molar-refractivity contribution in [2.24, 2.45) is 28.4 Å². The number of hydrogen-bond acceptors (Lipinski definition) is 4. The molecule has 0 bridgehead atoms. The highest BCUT2D eigenvalue weighted by Gasteiger charge is 2.48. The van der Waals surface area contributed by atoms with Crippen LogP contribution in [0.3, 0.4) is 0 Å². The molecule has 3 fully saturated rings. The Hall–Kier alpha value is -1.59. The summed E-state index contributed by atoms with van der Waals surface area (Å²) < 4.78 is 0. The van der Waals surface area contributed by atoms with Gasteiger partial charge in [0.25, 0.3) is 5.70 Å². The Morgan fingerprint density at radius 1 is 1.15 bits per heavy atom. The number of allylic oxidation sites excluding steroid dienone is 4. The van der Waals surface area contributed by atoms with Gasteiger partial charge < -0.3 is 5.73 Å². The first-order valence-corrected chi connectivity index (χ1v) is 15.8. The SMILES string of the molecule is C=C(S)/C(=C\C)[N+](=O)[O-].C=C1/C(=C\C=C2/CCCC3(C)C(CCCCC(C)(C)C)CC[C@@H]23)CCCC1N.CC. The highest BCUT2D eigenvalue weighted by Crippen LogP contribution is 2.58. The van der Waals surface area contributed by atoms with Crippen molar-refractivity contribution >= 4 is 12.6 Å². The molecule has 222 valence electrons. The van der Waals surface area contributed by atoms with Gasteiger partial charge in [0, 0.05) is 6.04 Å². The second kappa shape index (κ2) is 16.6. The zero-order valence-corrected chi connectivity index (χ0v) is 27.0. The van der Waals surface area contributed by atoms with Crippen LogP contribution in [0.25, 0.3) is 0 Å². The number of nitrogens with two attached hydrogens (primary N) is 1. The van der Waals surface area contributed by atoms with Gasteiger partial charge in [-0.3, -0.25) is 10.1 Å². The molecule has 3 rings (SSSR count). The van der Waals surface area contributed by atoms with E-state index < -0.39 is 4.92 Å². The number of unbranched alkanes of at least 4 members (excludes halogenated alkanes) is 1. The van der Waals surface area contributed by atoms with Crippen LogP contribution in [0.15, 0.2) is 58.7 Å². The van der Waals surface area contributed by atoms with Crippen LogP contribution in [0.1, 0.15) is 126 Å². The van der Waals surface area contributed by atoms with Gasteiger partial charge in [0.05, 0.1) is 9.83 Å². The van der Waals surface area contributed by atoms with E-state index in [9.17, 15) is 10.1 Å². The number of fused-ring (bicyclic) bond motifs is 1. The topological polar surface area (TPSA) is 69.2 Å². The largest absolute Gasteiger partial charge is 0.324 e. The summed E-state index contributed by atoms with van der Waals surface area (Å²) in [6.45, 7) is 22.9. The summed E-state index contributed by atoms with van der Waals surface area (Å²) in [5.41, 5.74) is 11.5. The van der Waals surface area contributed by atoms with Gasteiger partial charge in [0.1, 0.15) is 0 Å². The summed E-state index contributed by atoms with van der Waals surface area (Å²) in [5.74, 6) is 1.75. The van der Waals surface area contributed by atoms with Crippen LogP contribution in [-0.2, 0) is 0 Å². The van der Waals surface area contributed by atoms with E-state index >= 15 is 0 Å². The molecular weight excluding hydrogens is 500 g/mol. The number of thiol groups is 1. The van der Waals surface area contributed by atoms with E-state index in [0.29, 0.717) is 10.8 Å². The molecule has 3 aliphatic rings. The summed E-state index contributed by atoms with van der Waals surface area (Å²) >= 11 is 3.71. The fourth-order valence-corrected chi connectivity index (χ4v) is 6.94. The van der Waals surface area contributed by atoms with E-state index in [-0.39, 0.29) is 16.6 Å². The molecular formula is C34H58N2O2S. The van der Waals surface area contributed by atoms with Gasteiger partial charge in [-0.25, -0.2) is 0 Å². The molecule has 39 heavy (non-hydrogen) atoms. The molecule has 3 unspecified atom stereocenters. The quantitative estimate of drug-likeness (QED) is 0.107. The minimum atomic E-state index is -0.519. The molecule has 0 amide bonds. The van der Waals surface area contributed by atoms with Crippen LogP contribution in [0.5, 0.6) is 0 Å². The monoisotopic (exact) mass is 558 g/mol. The molecule has 0 aromatic carbocycles. The first-order chi connectivity index (χ1) is 18.3. The normalized spacial score (nSPS) is 29.2. The number of rotatable bonds is 7. The van der Waals surface area contributed by atoms with Crippen molar-refractivity contribution < 1.29 is 4.92 Å². The molecule has 4 atom stereocenters. The van der Waals surface area contributed by atoms with E-state index in [1.165, 1.54) is 81.4 Å². The lowest BCUT2D eigenvalue weighted by atomic mass is 9.62. The summed E-state index contributed by atoms with van der Waals surface area (Å²) in [7, 11) is 0. The highest BCUT2D eigenvalue weighted by molar-refractivity contribution is 7.84. The number of hydrogen-bond donors (Lipinski definition) is 2. The average molecular weight is 559 g/mol. The first-order valence-electron chi connectivity index (χ1n) is 15.3. The predicted molar refractivity (Wildman–Crippen MR) is 173 cm³/mol. The van der Waals surface area contributed by atoms with Crippen molar-refractivity contribution in [2.75, 3.05) is 0 Å². The zero-order chi connectivity index (χ0) is 29.8. The Morgan fingerprint density at radius 3 is 2.36 bits per heavy atom. The van der Waals surface area contributed by atoms with Crippen LogP contribution >= 0.6 is 12.6 Å². The van der Waals surface area contributed by atoms with Crippen molar-refractivity contribution in [1.29, 1.82) is 0 Å². The van der Waals surface area contributed by atoms with Gasteiger partial charge in [-0.2, -0.15) is 0 Å². The summed E-state index contributed by atoms with van der Waals surface area (Å²) in [6.07, 6.45) is 22.3. The number of nitro groups is 1. The van der Waals surface area contributed by atoms with Gasteiger partial charge in [0.2, 0.25) is 0 Å². The molecule has 5 heteroatoms. The van der Waals surface area contributed by atoms with E-state index in [1.54, 1.807) is 12.5 Å². The van der Waals surface area contributed by atoms with Gasteiger partial charge in [0.15, 0.2) is 0 Å². The molecule has 0 aliphatic heterocycles. The lowest BCUT2D eigenvalue weighted by Crippen LogP contribution is -2.33. The fourth-order valence-electron chi connectivity index (χ4n) is 6.73. The maximum absolute atomic E-state index is 10.00. The average Bonchev–Trinajstić information content (AvgIpc) is 3.20. The van der Waals surface area contributed by atoms with Crippen molar-refractivity contribution in [1.82, 2.24) is 0 Å². The van der Waals surface area contributed by atoms with Gasteiger partial charge in [-0.05, 0) is 111 Å². The summed E-state index contributed by atoms with van der Waals surface area (Å²) in [6, 6.07) is 0.180. The van der Waals surface area contributed by atoms with Crippen molar-refractivity contribution in [3.05, 3.63) is 68.8 Å². The van der Waals surface area contributed by atoms with E-state index in [4.69, 9.17) is 5.73 Å². The van der Waals surface area contributed by atoms with E-state index in [1.807, 2.05) is 13.8 Å². The minimum absolute atomic E-state index is 0.0432. The van der Waals surface area contributed by atoms with E-state index in [0.717, 1.165) is 24.7 Å². The third kappa shape index (κ3) is 10.7. The molecule has 2 N–H and O–H groups in total. The molecule has 4 nitrogen and oxygen atoms in total. The minimum Gasteiger partial charge on any atom is -0.324 e. The summed E-state index contributed by atoms with van der Waals surface area (Å²) in [5, 5.41) is 10.00. The van der Waals surface area contributed by atoms with Gasteiger partial charge in [-0.1, -0.05) is 85.3 Å². The highest BCUT2D eigenvalue weighted by atomic mass is 32.1. The Balaban J connectivity index is 0.000000589. The Labute approximate surface area is 245 Å². The Morgan fingerprint density at radius 2 is 1.82 bits per heavy atom. The lowest BCUT2D eigenvalue weighted by Gasteiger charge is -2.42. The Bertz CT molecular complexity index is 908. The standard InChI is InChI=1S/C27H45N.C5H7NO2S.C2H6/c1-20-21(10-8-13-25(20)28)14-15-22-11-9-19-27(5)23(16-17-24(22)27)12-6-7-18-26(2,3)4;1-3-5(4(2)9)6(7)8;1-2/h14-15,23-25H,1,6-13,16-19,28H2,2-5H3;3,9H,2H2,1H3;1-2H3/b21-14-,22-15+;5-3+;/t23?,24-,25?,27?;;/m0../s1. The second-order valence-corrected chi connectivity index (χ2v) is 13.4. The zero-order valence-electron chi connectivity index (χ0n) is 26.2. The molecule has 0 spiro atoms. The molecule has 3 aliphatic carbocycles. The lowest BCUT2D eigenvalue weighted by molar-refractivity contribution is -0.419. The summed E-state index contributed by atoms with van der Waals surface area (Å²) in [4.78, 5) is 9.66. The van der Waals surface area contributed by atoms with E-state index in [2.05, 4.69) is 65.6 Å². The van der Waals surface area contributed by atoms with Crippen LogP contribution in [-0.4, -0.2) is 11.0 Å². The Kier molecular flexibility index (Phi) is 15.1. The van der Waals surface area contributed by atoms with Gasteiger partial charge in [-0.15, -0.1) is 12.6 Å². The molecule has 0 saturated heterocycles. The third-order valence-corrected chi connectivity index (χ3v) is 9.21. The van der Waals surface area contributed by atoms with Crippen molar-refractivity contribution in [3.63, 3.8) is 0 Å². The maximum Gasteiger partial charge on any atom is 0.277 e. The molecule has 0 aromatic rings. The smallest absolute Gasteiger partial charge is 0.277 e. The van der Waals surface area contributed by atoms with Crippen molar-refractivity contribution in [3.8, 4) is 0 Å². The third-order valence-electron chi connectivity index (χ3n) is 8.98. The first kappa shape index (κ1) is 35.4. The van der Waals surface area contributed by atoms with Crippen LogP contribution in [0, 0.1) is 32.8 Å². The number of nitrogens with zero attached hydrogens (tertiary/aromatic N) is 1. The van der Waals surface area contributed by atoms with Gasteiger partial charge >= 0.3 is 0 Å². The second-order valence-electron chi connectivity index (χ2n) is 12.8. The maximum atomic E-state index is 10.00. The molecule has 0 heterocycles. The molecule has 3 saturated carbocycles.